The molecule has 3 aromatic rings. The highest BCUT2D eigenvalue weighted by molar-refractivity contribution is 7.14. The number of benzene rings is 1. The van der Waals surface area contributed by atoms with Crippen LogP contribution in [0.25, 0.3) is 0 Å². The van der Waals surface area contributed by atoms with Crippen LogP contribution in [0.4, 0.5) is 0 Å². The van der Waals surface area contributed by atoms with E-state index in [1.54, 1.807) is 44.6 Å². The summed E-state index contributed by atoms with van der Waals surface area (Å²) in [6.45, 7) is 6.47. The SMILES string of the molecule is CCCCCCOc1ccc(C2C(C(=O)c3sc(C)nc3C)=C(O)C(=O)N2Cc2cccnc2)cc1OC. The molecule has 0 radical (unpaired) electrons. The number of carbonyl (C=O) groups is 2. The number of aromatic nitrogens is 2. The second kappa shape index (κ2) is 12.2. The van der Waals surface area contributed by atoms with Crippen molar-refractivity contribution in [3.05, 3.63) is 80.8 Å². The molecule has 8 nitrogen and oxygen atoms in total. The highest BCUT2D eigenvalue weighted by Gasteiger charge is 2.44. The first-order valence-corrected chi connectivity index (χ1v) is 13.6. The van der Waals surface area contributed by atoms with Crippen LogP contribution in [0.2, 0.25) is 0 Å². The molecule has 0 saturated heterocycles. The minimum atomic E-state index is -0.829. The topological polar surface area (TPSA) is 102 Å². The number of unbranched alkanes of at least 4 members (excludes halogenated alkanes) is 3. The quantitative estimate of drug-likeness (QED) is 0.227. The van der Waals surface area contributed by atoms with Crippen molar-refractivity contribution in [3.63, 3.8) is 0 Å². The number of aryl methyl sites for hydroxylation is 2. The predicted octanol–water partition coefficient (Wildman–Crippen LogP) is 5.90. The predicted molar refractivity (Wildman–Crippen MR) is 146 cm³/mol. The van der Waals surface area contributed by atoms with Gasteiger partial charge in [-0.3, -0.25) is 14.6 Å². The van der Waals surface area contributed by atoms with Crippen molar-refractivity contribution in [2.24, 2.45) is 0 Å². The number of ketones is 1. The summed E-state index contributed by atoms with van der Waals surface area (Å²) in [5.74, 6) is -0.491. The smallest absolute Gasteiger partial charge is 0.290 e. The molecule has 0 fully saturated rings. The lowest BCUT2D eigenvalue weighted by atomic mass is 9.94. The van der Waals surface area contributed by atoms with Crippen molar-refractivity contribution < 1.29 is 24.2 Å². The van der Waals surface area contributed by atoms with Crippen LogP contribution in [-0.4, -0.2) is 45.4 Å². The van der Waals surface area contributed by atoms with Gasteiger partial charge >= 0.3 is 0 Å². The van der Waals surface area contributed by atoms with Crippen molar-refractivity contribution in [2.45, 2.75) is 59.0 Å². The molecule has 4 rings (SSSR count). The Balaban J connectivity index is 1.72. The van der Waals surface area contributed by atoms with Gasteiger partial charge in [0, 0.05) is 18.9 Å². The van der Waals surface area contributed by atoms with Crippen molar-refractivity contribution in [2.75, 3.05) is 13.7 Å². The van der Waals surface area contributed by atoms with E-state index >= 15 is 0 Å². The molecule has 1 aliphatic rings. The maximum absolute atomic E-state index is 13.8. The molecule has 9 heteroatoms. The lowest BCUT2D eigenvalue weighted by Crippen LogP contribution is -2.30. The number of pyridine rings is 1. The fraction of sp³-hybridized carbons (Fsp3) is 0.379. The second-order valence-corrected chi connectivity index (χ2v) is 10.5. The number of aliphatic hydroxyl groups is 1. The zero-order valence-corrected chi connectivity index (χ0v) is 23.0. The van der Waals surface area contributed by atoms with Crippen molar-refractivity contribution in [3.8, 4) is 11.5 Å². The number of Topliss-reactive ketones (excluding diaryl/α,β-unsaturated/α-hetero) is 1. The molecule has 1 unspecified atom stereocenters. The zero-order valence-electron chi connectivity index (χ0n) is 22.2. The molecule has 2 aromatic heterocycles. The van der Waals surface area contributed by atoms with Crippen LogP contribution in [0.5, 0.6) is 11.5 Å². The first-order chi connectivity index (χ1) is 18.3. The molecule has 0 saturated carbocycles. The van der Waals surface area contributed by atoms with Gasteiger partial charge in [-0.25, -0.2) is 4.98 Å². The molecule has 38 heavy (non-hydrogen) atoms. The molecular weight excluding hydrogens is 502 g/mol. The number of thiazole rings is 1. The molecule has 1 amide bonds. The van der Waals surface area contributed by atoms with E-state index in [0.717, 1.165) is 36.3 Å². The lowest BCUT2D eigenvalue weighted by molar-refractivity contribution is -0.130. The van der Waals surface area contributed by atoms with E-state index in [1.807, 2.05) is 19.1 Å². The average Bonchev–Trinajstić information content (AvgIpc) is 3.39. The van der Waals surface area contributed by atoms with Crippen LogP contribution in [0, 0.1) is 13.8 Å². The molecular formula is C29H33N3O5S. The standard InChI is InChI=1S/C29H33N3O5S/c1-5-6-7-8-14-37-22-12-11-21(15-23(22)36-4)25-24(26(33)28-18(2)31-19(3)38-28)27(34)29(35)32(25)17-20-10-9-13-30-16-20/h9-13,15-16,25,34H,5-8,14,17H2,1-4H3. The van der Waals surface area contributed by atoms with Crippen molar-refractivity contribution in [1.29, 1.82) is 0 Å². The number of aliphatic hydroxyl groups excluding tert-OH is 1. The Hall–Kier alpha value is -3.72. The summed E-state index contributed by atoms with van der Waals surface area (Å²) >= 11 is 1.25. The van der Waals surface area contributed by atoms with Crippen molar-refractivity contribution in [1.82, 2.24) is 14.9 Å². The van der Waals surface area contributed by atoms with E-state index in [1.165, 1.54) is 16.2 Å². The Morgan fingerprint density at radius 2 is 1.97 bits per heavy atom. The van der Waals surface area contributed by atoms with E-state index in [9.17, 15) is 14.7 Å². The Morgan fingerprint density at radius 3 is 2.63 bits per heavy atom. The van der Waals surface area contributed by atoms with Gasteiger partial charge in [0.2, 0.25) is 5.78 Å². The zero-order chi connectivity index (χ0) is 27.2. The highest BCUT2D eigenvalue weighted by Crippen LogP contribution is 2.43. The molecule has 1 aromatic carbocycles. The lowest BCUT2D eigenvalue weighted by Gasteiger charge is -2.27. The molecule has 1 N–H and O–H groups in total. The van der Waals surface area contributed by atoms with E-state index in [2.05, 4.69) is 16.9 Å². The third kappa shape index (κ3) is 5.72. The number of hydrogen-bond acceptors (Lipinski definition) is 8. The van der Waals surface area contributed by atoms with E-state index in [0.29, 0.717) is 34.2 Å². The van der Waals surface area contributed by atoms with Gasteiger partial charge in [0.15, 0.2) is 17.3 Å². The first kappa shape index (κ1) is 27.3. The van der Waals surface area contributed by atoms with Crippen LogP contribution >= 0.6 is 11.3 Å². The van der Waals surface area contributed by atoms with Gasteiger partial charge in [0.1, 0.15) is 0 Å². The number of amides is 1. The Morgan fingerprint density at radius 1 is 1.16 bits per heavy atom. The van der Waals surface area contributed by atoms with Gasteiger partial charge < -0.3 is 19.5 Å². The molecule has 1 atom stereocenters. The Bertz CT molecular complexity index is 1340. The summed E-state index contributed by atoms with van der Waals surface area (Å²) in [7, 11) is 1.55. The van der Waals surface area contributed by atoms with Crippen LogP contribution in [-0.2, 0) is 11.3 Å². The molecule has 0 spiro atoms. The molecule has 3 heterocycles. The van der Waals surface area contributed by atoms with Crippen LogP contribution in [0.15, 0.2) is 54.1 Å². The minimum absolute atomic E-state index is 0.0286. The molecule has 0 bridgehead atoms. The van der Waals surface area contributed by atoms with Gasteiger partial charge in [-0.05, 0) is 49.6 Å². The van der Waals surface area contributed by atoms with Crippen LogP contribution in [0.3, 0.4) is 0 Å². The number of rotatable bonds is 12. The minimum Gasteiger partial charge on any atom is -0.503 e. The van der Waals surface area contributed by atoms with Crippen LogP contribution in [0.1, 0.15) is 70.1 Å². The number of nitrogens with zero attached hydrogens (tertiary/aromatic N) is 3. The summed E-state index contributed by atoms with van der Waals surface area (Å²) in [5, 5.41) is 11.8. The van der Waals surface area contributed by atoms with E-state index in [-0.39, 0.29) is 12.1 Å². The molecule has 200 valence electrons. The molecule has 1 aliphatic heterocycles. The third-order valence-electron chi connectivity index (χ3n) is 6.49. The summed E-state index contributed by atoms with van der Waals surface area (Å²) in [4.78, 5) is 37.5. The largest absolute Gasteiger partial charge is 0.503 e. The normalized spacial score (nSPS) is 15.3. The number of methoxy groups -OCH3 is 1. The summed E-state index contributed by atoms with van der Waals surface area (Å²) < 4.78 is 11.6. The van der Waals surface area contributed by atoms with E-state index < -0.39 is 23.5 Å². The Labute approximate surface area is 227 Å². The van der Waals surface area contributed by atoms with Crippen molar-refractivity contribution >= 4 is 23.0 Å². The summed E-state index contributed by atoms with van der Waals surface area (Å²) in [5.41, 5.74) is 2.00. The maximum atomic E-state index is 13.8. The monoisotopic (exact) mass is 535 g/mol. The highest BCUT2D eigenvalue weighted by atomic mass is 32.1. The number of ether oxygens (including phenoxy) is 2. The Kier molecular flexibility index (Phi) is 8.78. The fourth-order valence-electron chi connectivity index (χ4n) is 4.63. The van der Waals surface area contributed by atoms with Gasteiger partial charge in [0.05, 0.1) is 40.9 Å². The van der Waals surface area contributed by atoms with Gasteiger partial charge in [-0.2, -0.15) is 0 Å². The third-order valence-corrected chi connectivity index (χ3v) is 7.56. The second-order valence-electron chi connectivity index (χ2n) is 9.26. The van der Waals surface area contributed by atoms with Gasteiger partial charge in [-0.15, -0.1) is 11.3 Å². The maximum Gasteiger partial charge on any atom is 0.290 e. The summed E-state index contributed by atoms with van der Waals surface area (Å²) in [6.07, 6.45) is 7.66. The summed E-state index contributed by atoms with van der Waals surface area (Å²) in [6, 6.07) is 8.18. The fourth-order valence-corrected chi connectivity index (χ4v) is 5.51. The van der Waals surface area contributed by atoms with Gasteiger partial charge in [0.25, 0.3) is 5.91 Å². The van der Waals surface area contributed by atoms with Crippen LogP contribution < -0.4 is 9.47 Å². The molecule has 0 aliphatic carbocycles. The number of carbonyl (C=O) groups excluding carboxylic acids is 2. The van der Waals surface area contributed by atoms with Gasteiger partial charge in [-0.1, -0.05) is 38.3 Å². The van der Waals surface area contributed by atoms with E-state index in [4.69, 9.17) is 9.47 Å². The average molecular weight is 536 g/mol. The number of hydrogen-bond donors (Lipinski definition) is 1. The first-order valence-electron chi connectivity index (χ1n) is 12.8.